The van der Waals surface area contributed by atoms with E-state index in [1.54, 1.807) is 35.9 Å². The number of carbonyl (C=O) groups is 1. The smallest absolute Gasteiger partial charge is 0.276 e. The summed E-state index contributed by atoms with van der Waals surface area (Å²) >= 11 is 12.1. The van der Waals surface area contributed by atoms with E-state index in [0.717, 1.165) is 5.69 Å². The molecule has 0 aliphatic rings. The lowest BCUT2D eigenvalue weighted by molar-refractivity contribution is 0.0775. The zero-order valence-electron chi connectivity index (χ0n) is 11.5. The minimum absolute atomic E-state index is 0.245. The van der Waals surface area contributed by atoms with Gasteiger partial charge in [0.25, 0.3) is 5.91 Å². The molecule has 2 aromatic heterocycles. The van der Waals surface area contributed by atoms with Crippen LogP contribution in [-0.4, -0.2) is 37.4 Å². The van der Waals surface area contributed by atoms with Gasteiger partial charge >= 0.3 is 0 Å². The van der Waals surface area contributed by atoms with E-state index in [-0.39, 0.29) is 11.6 Å². The zero-order chi connectivity index (χ0) is 14.9. The number of nitrogens with zero attached hydrogens (tertiary/aromatic N) is 5. The highest BCUT2D eigenvalue weighted by molar-refractivity contribution is 6.33. The summed E-state index contributed by atoms with van der Waals surface area (Å²) in [5, 5.41) is 9.07. The normalized spacial score (nSPS) is 10.8. The Morgan fingerprint density at radius 2 is 2.10 bits per heavy atom. The predicted molar refractivity (Wildman–Crippen MR) is 76.9 cm³/mol. The van der Waals surface area contributed by atoms with Gasteiger partial charge in [0, 0.05) is 26.8 Å². The van der Waals surface area contributed by atoms with E-state index in [1.807, 2.05) is 6.92 Å². The van der Waals surface area contributed by atoms with Gasteiger partial charge in [-0.25, -0.2) is 0 Å². The highest BCUT2D eigenvalue weighted by atomic mass is 35.5. The quantitative estimate of drug-likeness (QED) is 0.869. The molecule has 2 rings (SSSR count). The molecule has 0 aliphatic carbocycles. The molecule has 0 spiro atoms. The summed E-state index contributed by atoms with van der Waals surface area (Å²) in [6.07, 6.45) is 3.19. The first-order valence-corrected chi connectivity index (χ1v) is 6.84. The van der Waals surface area contributed by atoms with Crippen LogP contribution in [0.3, 0.4) is 0 Å². The summed E-state index contributed by atoms with van der Waals surface area (Å²) in [6, 6.07) is 0. The fourth-order valence-corrected chi connectivity index (χ4v) is 2.25. The second-order valence-electron chi connectivity index (χ2n) is 4.41. The van der Waals surface area contributed by atoms with Crippen LogP contribution < -0.4 is 0 Å². The molecule has 0 aromatic carbocycles. The molecule has 6 nitrogen and oxygen atoms in total. The van der Waals surface area contributed by atoms with E-state index in [4.69, 9.17) is 23.2 Å². The molecule has 108 valence electrons. The topological polar surface area (TPSA) is 56.0 Å². The predicted octanol–water partition coefficient (Wildman–Crippen LogP) is 2.22. The van der Waals surface area contributed by atoms with Gasteiger partial charge in [0.15, 0.2) is 5.69 Å². The Kier molecular flexibility index (Phi) is 4.35. The molecular weight excluding hydrogens is 301 g/mol. The second-order valence-corrected chi connectivity index (χ2v) is 5.22. The molecule has 0 N–H and O–H groups in total. The first-order chi connectivity index (χ1) is 9.43. The van der Waals surface area contributed by atoms with Crippen molar-refractivity contribution in [1.82, 2.24) is 24.5 Å². The van der Waals surface area contributed by atoms with Gasteiger partial charge in [0.1, 0.15) is 0 Å². The summed E-state index contributed by atoms with van der Waals surface area (Å²) in [5.41, 5.74) is 1.00. The van der Waals surface area contributed by atoms with Gasteiger partial charge in [0.2, 0.25) is 0 Å². The molecule has 0 aliphatic heterocycles. The number of halogens is 2. The summed E-state index contributed by atoms with van der Waals surface area (Å²) in [4.78, 5) is 13.8. The van der Waals surface area contributed by atoms with E-state index in [1.165, 1.54) is 4.90 Å². The molecule has 20 heavy (non-hydrogen) atoms. The molecule has 0 saturated heterocycles. The summed E-state index contributed by atoms with van der Waals surface area (Å²) < 4.78 is 3.26. The van der Waals surface area contributed by atoms with Gasteiger partial charge in [-0.05, 0) is 6.92 Å². The minimum atomic E-state index is -0.250. The van der Waals surface area contributed by atoms with Crippen LogP contribution in [0, 0.1) is 0 Å². The van der Waals surface area contributed by atoms with Crippen molar-refractivity contribution < 1.29 is 4.79 Å². The van der Waals surface area contributed by atoms with Crippen molar-refractivity contribution in [2.75, 3.05) is 7.05 Å². The number of aryl methyl sites for hydroxylation is 2. The zero-order valence-corrected chi connectivity index (χ0v) is 13.0. The maximum Gasteiger partial charge on any atom is 0.276 e. The summed E-state index contributed by atoms with van der Waals surface area (Å²) in [6.45, 7) is 2.92. The number of hydrogen-bond donors (Lipinski definition) is 0. The van der Waals surface area contributed by atoms with Crippen LogP contribution in [0.25, 0.3) is 0 Å². The van der Waals surface area contributed by atoms with Crippen LogP contribution in [0.15, 0.2) is 12.4 Å². The molecule has 1 amide bonds. The number of hydrogen-bond acceptors (Lipinski definition) is 3. The lowest BCUT2D eigenvalue weighted by atomic mass is 10.3. The summed E-state index contributed by atoms with van der Waals surface area (Å²) in [7, 11) is 3.45. The first kappa shape index (κ1) is 14.9. The maximum absolute atomic E-state index is 12.3. The number of rotatable bonds is 4. The maximum atomic E-state index is 12.3. The average molecular weight is 316 g/mol. The van der Waals surface area contributed by atoms with Crippen molar-refractivity contribution in [2.24, 2.45) is 7.05 Å². The molecule has 0 atom stereocenters. The fraction of sp³-hybridized carbons (Fsp3) is 0.417. The van der Waals surface area contributed by atoms with Gasteiger partial charge in [-0.1, -0.05) is 23.2 Å². The highest BCUT2D eigenvalue weighted by Crippen LogP contribution is 2.19. The molecule has 0 bridgehead atoms. The molecule has 8 heteroatoms. The Balaban J connectivity index is 2.18. The minimum Gasteiger partial charge on any atom is -0.334 e. The van der Waals surface area contributed by atoms with E-state index in [0.29, 0.717) is 23.1 Å². The SMILES string of the molecule is CCn1cc(Cl)c(C(=O)N(C)Cc2c(Cl)cnn2C)n1. The largest absolute Gasteiger partial charge is 0.334 e. The van der Waals surface area contributed by atoms with Crippen molar-refractivity contribution in [1.29, 1.82) is 0 Å². The molecule has 2 heterocycles. The van der Waals surface area contributed by atoms with Crippen molar-refractivity contribution >= 4 is 29.1 Å². The monoisotopic (exact) mass is 315 g/mol. The highest BCUT2D eigenvalue weighted by Gasteiger charge is 2.21. The van der Waals surface area contributed by atoms with E-state index in [2.05, 4.69) is 10.2 Å². The van der Waals surface area contributed by atoms with Crippen LogP contribution in [0.2, 0.25) is 10.0 Å². The Labute approximate surface area is 126 Å². The van der Waals surface area contributed by atoms with Crippen LogP contribution in [-0.2, 0) is 20.1 Å². The Bertz CT molecular complexity index is 614. The first-order valence-electron chi connectivity index (χ1n) is 6.08. The molecule has 0 unspecified atom stereocenters. The molecular formula is C12H15Cl2N5O. The molecule has 0 saturated carbocycles. The second kappa shape index (κ2) is 5.85. The lowest BCUT2D eigenvalue weighted by Crippen LogP contribution is -2.28. The fourth-order valence-electron chi connectivity index (χ4n) is 1.80. The van der Waals surface area contributed by atoms with Crippen LogP contribution in [0.5, 0.6) is 0 Å². The van der Waals surface area contributed by atoms with E-state index in [9.17, 15) is 4.79 Å². The van der Waals surface area contributed by atoms with Crippen molar-refractivity contribution in [2.45, 2.75) is 20.0 Å². The van der Waals surface area contributed by atoms with Crippen molar-refractivity contribution in [3.63, 3.8) is 0 Å². The van der Waals surface area contributed by atoms with E-state index < -0.39 is 0 Å². The van der Waals surface area contributed by atoms with Crippen LogP contribution >= 0.6 is 23.2 Å². The Morgan fingerprint density at radius 3 is 2.60 bits per heavy atom. The molecule has 0 radical (unpaired) electrons. The van der Waals surface area contributed by atoms with Crippen LogP contribution in [0.4, 0.5) is 0 Å². The Hall–Kier alpha value is -1.53. The lowest BCUT2D eigenvalue weighted by Gasteiger charge is -2.16. The van der Waals surface area contributed by atoms with E-state index >= 15 is 0 Å². The van der Waals surface area contributed by atoms with Gasteiger partial charge in [0.05, 0.1) is 28.5 Å². The third-order valence-corrected chi connectivity index (χ3v) is 3.58. The van der Waals surface area contributed by atoms with Crippen molar-refractivity contribution in [3.05, 3.63) is 33.8 Å². The third-order valence-electron chi connectivity index (χ3n) is 2.99. The average Bonchev–Trinajstić information content (AvgIpc) is 2.94. The molecule has 2 aromatic rings. The van der Waals surface area contributed by atoms with Crippen LogP contribution in [0.1, 0.15) is 23.1 Å². The number of aromatic nitrogens is 4. The van der Waals surface area contributed by atoms with Gasteiger partial charge < -0.3 is 4.90 Å². The number of carbonyl (C=O) groups excluding carboxylic acids is 1. The standard InChI is InChI=1S/C12H15Cl2N5O/c1-4-19-6-9(14)11(16-19)12(20)17(2)7-10-8(13)5-15-18(10)3/h5-6H,4,7H2,1-3H3. The van der Waals surface area contributed by atoms with Gasteiger partial charge in [-0.2, -0.15) is 10.2 Å². The van der Waals surface area contributed by atoms with Gasteiger partial charge in [-0.3, -0.25) is 14.2 Å². The Morgan fingerprint density at radius 1 is 1.40 bits per heavy atom. The molecule has 0 fully saturated rings. The van der Waals surface area contributed by atoms with Crippen molar-refractivity contribution in [3.8, 4) is 0 Å². The van der Waals surface area contributed by atoms with Gasteiger partial charge in [-0.15, -0.1) is 0 Å². The third kappa shape index (κ3) is 2.81. The summed E-state index contributed by atoms with van der Waals surface area (Å²) in [5.74, 6) is -0.250. The number of amides is 1.